The van der Waals surface area contributed by atoms with Gasteiger partial charge in [0.15, 0.2) is 47.1 Å². The second kappa shape index (κ2) is 21.7. The van der Waals surface area contributed by atoms with Crippen LogP contribution >= 0.6 is 0 Å². The zero-order chi connectivity index (χ0) is 49.2. The Labute approximate surface area is 368 Å². The molecule has 346 valence electrons. The third-order valence-electron chi connectivity index (χ3n) is 9.47. The molecule has 0 fully saturated rings. The number of aromatic carboxylic acids is 2. The standard InChI is InChI=1S/2C18H14O8.C6H13N3O2.CH4O/c2*1-7-4-11(20)10(6-19)15-13(7)18(23)26-14-8(2)12(24-3)5-9(17(21)22)16(14)25-15;7-4(6(10)11)2-1-3-5(8)9;1-2/h2*4-6,20H,1-3H3,(H,21,22);4H,1-3,7H2,(H3,8,9)(H,10,11);2H,1H3/p-1. The van der Waals surface area contributed by atoms with Crippen LogP contribution in [0.4, 0.5) is 0 Å². The third-order valence-corrected chi connectivity index (χ3v) is 9.47. The van der Waals surface area contributed by atoms with Gasteiger partial charge in [-0.1, -0.05) is 11.8 Å². The molecule has 0 aliphatic carbocycles. The smallest absolute Gasteiger partial charge is 0.347 e. The highest BCUT2D eigenvalue weighted by Gasteiger charge is 2.35. The van der Waals surface area contributed by atoms with Crippen molar-refractivity contribution < 1.29 is 92.6 Å². The molecule has 0 radical (unpaired) electrons. The minimum atomic E-state index is -1.36. The number of carboxylic acid groups (broad SMARTS) is 3. The number of methoxy groups -OCH3 is 2. The van der Waals surface area contributed by atoms with Gasteiger partial charge in [-0.15, -0.1) is 0 Å². The average Bonchev–Trinajstić information content (AvgIpc) is 3.50. The number of esters is 2. The molecule has 2 aliphatic rings. The maximum atomic E-state index is 12.6. The monoisotopic (exact) mass is 906 g/mol. The van der Waals surface area contributed by atoms with E-state index in [2.05, 4.69) is 0 Å². The van der Waals surface area contributed by atoms with Crippen molar-refractivity contribution in [1.82, 2.24) is 0 Å². The number of benzene rings is 4. The number of aldehydes is 2. The topological polar surface area (TPSA) is 375 Å². The summed E-state index contributed by atoms with van der Waals surface area (Å²) in [5, 5.41) is 63.2. The highest BCUT2D eigenvalue weighted by molar-refractivity contribution is 6.04. The molecule has 4 aromatic rings. The van der Waals surface area contributed by atoms with Gasteiger partial charge in [-0.3, -0.25) is 19.8 Å². The lowest BCUT2D eigenvalue weighted by Crippen LogP contribution is -2.30. The maximum absolute atomic E-state index is 12.6. The number of hydrogen-bond donors (Lipinski definition) is 8. The number of hydrogen-bond acceptors (Lipinski definition) is 18. The number of rotatable bonds is 11. The number of aliphatic carboxylic acids is 1. The molecule has 1 atom stereocenters. The minimum Gasteiger partial charge on any atom is -0.872 e. The fraction of sp³-hybridized carbons (Fsp3) is 0.256. The first-order valence-corrected chi connectivity index (χ1v) is 18.7. The van der Waals surface area contributed by atoms with Crippen LogP contribution in [0.3, 0.4) is 0 Å². The first-order chi connectivity index (χ1) is 30.6. The van der Waals surface area contributed by atoms with Crippen LogP contribution < -0.4 is 45.0 Å². The third kappa shape index (κ3) is 10.9. The number of amidine groups is 1. The molecule has 1 unspecified atom stereocenters. The Morgan fingerprint density at radius 3 is 1.51 bits per heavy atom. The summed E-state index contributed by atoms with van der Waals surface area (Å²) in [6.07, 6.45) is 1.93. The first-order valence-electron chi connectivity index (χ1n) is 18.7. The minimum absolute atomic E-state index is 0.0718. The van der Waals surface area contributed by atoms with Gasteiger partial charge in [0.1, 0.15) is 45.5 Å². The van der Waals surface area contributed by atoms with Crippen molar-refractivity contribution in [2.75, 3.05) is 21.3 Å². The van der Waals surface area contributed by atoms with Crippen LogP contribution in [0, 0.1) is 33.1 Å². The molecule has 22 nitrogen and oxygen atoms in total. The lowest BCUT2D eigenvalue weighted by atomic mass is 10.0. The van der Waals surface area contributed by atoms with Gasteiger partial charge in [-0.05, 0) is 69.9 Å². The molecule has 4 aromatic carbocycles. The Morgan fingerprint density at radius 2 is 1.14 bits per heavy atom. The molecule has 6 rings (SSSR count). The zero-order valence-electron chi connectivity index (χ0n) is 35.8. The number of ether oxygens (including phenoxy) is 6. The number of carboxylic acids is 3. The Hall–Kier alpha value is -8.24. The number of nitrogens with two attached hydrogens (primary N) is 2. The van der Waals surface area contributed by atoms with Crippen LogP contribution in [0.5, 0.6) is 57.5 Å². The first kappa shape index (κ1) is 51.1. The Bertz CT molecular complexity index is 2440. The van der Waals surface area contributed by atoms with E-state index in [-0.39, 0.29) is 97.1 Å². The molecule has 65 heavy (non-hydrogen) atoms. The highest BCUT2D eigenvalue weighted by Crippen LogP contribution is 2.49. The second-order valence-electron chi connectivity index (χ2n) is 13.7. The van der Waals surface area contributed by atoms with Crippen molar-refractivity contribution in [3.05, 3.63) is 79.9 Å². The Balaban J connectivity index is 0.000000274. The summed E-state index contributed by atoms with van der Waals surface area (Å²) in [6, 6.07) is 3.97. The Morgan fingerprint density at radius 1 is 0.723 bits per heavy atom. The summed E-state index contributed by atoms with van der Waals surface area (Å²) >= 11 is 0. The molecule has 0 saturated heterocycles. The number of aromatic hydroxyl groups is 1. The molecule has 0 bridgehead atoms. The van der Waals surface area contributed by atoms with Gasteiger partial charge in [-0.25, -0.2) is 19.2 Å². The van der Waals surface area contributed by atoms with Gasteiger partial charge in [0.2, 0.25) is 0 Å². The predicted octanol–water partition coefficient (Wildman–Crippen LogP) is 4.19. The van der Waals surface area contributed by atoms with Crippen LogP contribution in [0.25, 0.3) is 0 Å². The number of carbonyl (C=O) groups is 7. The summed E-state index contributed by atoms with van der Waals surface area (Å²) in [5.74, 6) is -7.39. The van der Waals surface area contributed by atoms with Gasteiger partial charge < -0.3 is 70.5 Å². The molecule has 2 heterocycles. The number of fused-ring (bicyclic) bond motifs is 4. The normalized spacial score (nSPS) is 12.0. The Kier molecular flexibility index (Phi) is 17.1. The lowest BCUT2D eigenvalue weighted by molar-refractivity contribution is -0.268. The maximum Gasteiger partial charge on any atom is 0.347 e. The SMILES string of the molecule is CO.COc1cc(C(=O)O)c2c(c1C)OC(=O)c1c(C)cc(O)c(C=O)c1O2.COc1cc(C(=O)O)c2c(c1C)OC(=O)c1c(C)cc([O-])c(C=O)c1O2.N=C(N)CCCC(N)C(=O)O. The zero-order valence-corrected chi connectivity index (χ0v) is 35.8. The fourth-order valence-electron chi connectivity index (χ4n) is 6.24. The van der Waals surface area contributed by atoms with Gasteiger partial charge in [0.25, 0.3) is 0 Å². The molecular weight excluding hydrogens is 862 g/mol. The van der Waals surface area contributed by atoms with E-state index in [1.54, 1.807) is 13.8 Å². The van der Waals surface area contributed by atoms with Crippen LogP contribution in [-0.4, -0.2) is 101 Å². The van der Waals surface area contributed by atoms with Crippen LogP contribution in [-0.2, 0) is 4.79 Å². The largest absolute Gasteiger partial charge is 0.872 e. The van der Waals surface area contributed by atoms with Crippen molar-refractivity contribution in [3.8, 4) is 57.5 Å². The number of phenols is 1. The van der Waals surface area contributed by atoms with Crippen LogP contribution in [0.2, 0.25) is 0 Å². The van der Waals surface area contributed by atoms with E-state index in [0.29, 0.717) is 42.2 Å². The molecule has 2 aliphatic heterocycles. The summed E-state index contributed by atoms with van der Waals surface area (Å²) in [7, 11) is 3.69. The van der Waals surface area contributed by atoms with Gasteiger partial charge >= 0.3 is 29.8 Å². The molecule has 0 saturated carbocycles. The molecular formula is C43H44N3O19-. The lowest BCUT2D eigenvalue weighted by Gasteiger charge is -2.18. The molecule has 0 amide bonds. The number of phenolic OH excluding ortho intramolecular Hbond substituents is 1. The van der Waals surface area contributed by atoms with Gasteiger partial charge in [-0.2, -0.15) is 0 Å². The van der Waals surface area contributed by atoms with Crippen molar-refractivity contribution in [2.45, 2.75) is 53.0 Å². The average molecular weight is 907 g/mol. The highest BCUT2D eigenvalue weighted by atomic mass is 16.6. The summed E-state index contributed by atoms with van der Waals surface area (Å²) in [6.45, 7) is 6.14. The van der Waals surface area contributed by atoms with Crippen molar-refractivity contribution in [3.63, 3.8) is 0 Å². The van der Waals surface area contributed by atoms with E-state index in [0.717, 1.165) is 13.2 Å². The molecule has 10 N–H and O–H groups in total. The molecule has 22 heteroatoms. The van der Waals surface area contributed by atoms with E-state index in [1.807, 2.05) is 0 Å². The van der Waals surface area contributed by atoms with Gasteiger partial charge in [0.05, 0.1) is 31.2 Å². The van der Waals surface area contributed by atoms with Gasteiger partial charge in [0, 0.05) is 24.7 Å². The second-order valence-corrected chi connectivity index (χ2v) is 13.7. The van der Waals surface area contributed by atoms with Crippen molar-refractivity contribution >= 4 is 48.3 Å². The fourth-order valence-corrected chi connectivity index (χ4v) is 6.24. The van der Waals surface area contributed by atoms with E-state index >= 15 is 0 Å². The van der Waals surface area contributed by atoms with E-state index in [9.17, 15) is 54.0 Å². The van der Waals surface area contributed by atoms with Crippen molar-refractivity contribution in [1.29, 1.82) is 5.41 Å². The molecule has 0 aromatic heterocycles. The van der Waals surface area contributed by atoms with E-state index in [1.165, 1.54) is 46.3 Å². The summed E-state index contributed by atoms with van der Waals surface area (Å²) < 4.78 is 32.2. The number of aryl methyl sites for hydroxylation is 2. The number of aliphatic hydroxyl groups is 1. The van der Waals surface area contributed by atoms with Crippen molar-refractivity contribution in [2.24, 2.45) is 11.5 Å². The van der Waals surface area contributed by atoms with E-state index in [4.69, 9.17) is 55.5 Å². The quantitative estimate of drug-likeness (QED) is 0.0344. The summed E-state index contributed by atoms with van der Waals surface area (Å²) in [4.78, 5) is 81.4. The van der Waals surface area contributed by atoms with Crippen LogP contribution in [0.1, 0.15) is 104 Å². The predicted molar refractivity (Wildman–Crippen MR) is 223 cm³/mol. The van der Waals surface area contributed by atoms with Crippen LogP contribution in [0.15, 0.2) is 24.3 Å². The van der Waals surface area contributed by atoms with E-state index < -0.39 is 47.4 Å². The number of nitrogens with one attached hydrogen (secondary N) is 1. The number of aliphatic hydroxyl groups excluding tert-OH is 1. The summed E-state index contributed by atoms with van der Waals surface area (Å²) in [5.41, 5.74) is 9.97. The number of carbonyl (C=O) groups excluding carboxylic acids is 4. The molecule has 0 spiro atoms.